The van der Waals surface area contributed by atoms with Crippen LogP contribution in [0.25, 0.3) is 20.7 Å². The van der Waals surface area contributed by atoms with Crippen molar-refractivity contribution in [3.8, 4) is 16.2 Å². The number of benzene rings is 2. The summed E-state index contributed by atoms with van der Waals surface area (Å²) in [7, 11) is 1.64. The number of anilines is 2. The number of fused-ring (bicyclic) bond motifs is 1. The Kier molecular flexibility index (Phi) is 4.03. The highest BCUT2D eigenvalue weighted by Gasteiger charge is 2.11. The van der Waals surface area contributed by atoms with Crippen LogP contribution in [0.15, 0.2) is 60.9 Å². The van der Waals surface area contributed by atoms with Gasteiger partial charge in [0, 0.05) is 10.6 Å². The maximum Gasteiger partial charge on any atom is 0.151 e. The molecule has 0 radical (unpaired) electrons. The molecule has 0 atom stereocenters. The van der Waals surface area contributed by atoms with E-state index >= 15 is 0 Å². The third-order valence-electron chi connectivity index (χ3n) is 3.79. The summed E-state index contributed by atoms with van der Waals surface area (Å²) in [5.41, 5.74) is 2.73. The summed E-state index contributed by atoms with van der Waals surface area (Å²) in [6, 6.07) is 16.1. The predicted molar refractivity (Wildman–Crippen MR) is 99.1 cm³/mol. The molecule has 0 spiro atoms. The van der Waals surface area contributed by atoms with E-state index in [-0.39, 0.29) is 5.82 Å². The number of methoxy groups -OCH3 is 1. The van der Waals surface area contributed by atoms with Crippen LogP contribution in [0.4, 0.5) is 15.9 Å². The summed E-state index contributed by atoms with van der Waals surface area (Å²) in [6.07, 6.45) is 1.54. The minimum atomic E-state index is -0.244. The van der Waals surface area contributed by atoms with Gasteiger partial charge < -0.3 is 10.1 Å². The van der Waals surface area contributed by atoms with Crippen molar-refractivity contribution in [1.29, 1.82) is 0 Å². The van der Waals surface area contributed by atoms with Gasteiger partial charge in [-0.3, -0.25) is 0 Å². The van der Waals surface area contributed by atoms with Gasteiger partial charge in [0.15, 0.2) is 5.82 Å². The number of halogens is 1. The Morgan fingerprint density at radius 3 is 2.48 bits per heavy atom. The van der Waals surface area contributed by atoms with Crippen LogP contribution >= 0.6 is 11.3 Å². The summed E-state index contributed by atoms with van der Waals surface area (Å²) in [5.74, 6) is 1.30. The third-order valence-corrected chi connectivity index (χ3v) is 4.97. The fourth-order valence-electron chi connectivity index (χ4n) is 2.51. The van der Waals surface area contributed by atoms with Gasteiger partial charge >= 0.3 is 0 Å². The van der Waals surface area contributed by atoms with Crippen LogP contribution in [0.5, 0.6) is 5.75 Å². The number of nitrogens with zero attached hydrogens (tertiary/aromatic N) is 2. The first-order chi connectivity index (χ1) is 12.2. The maximum absolute atomic E-state index is 13.1. The zero-order valence-electron chi connectivity index (χ0n) is 13.4. The van der Waals surface area contributed by atoms with Crippen molar-refractivity contribution in [3.05, 3.63) is 66.7 Å². The predicted octanol–water partition coefficient (Wildman–Crippen LogP) is 5.25. The molecule has 2 aromatic carbocycles. The number of aromatic nitrogens is 2. The van der Waals surface area contributed by atoms with E-state index < -0.39 is 0 Å². The number of hydrogen-bond donors (Lipinski definition) is 1. The van der Waals surface area contributed by atoms with Crippen LogP contribution in [0, 0.1) is 5.82 Å². The molecule has 0 aliphatic heterocycles. The van der Waals surface area contributed by atoms with E-state index in [2.05, 4.69) is 15.3 Å². The van der Waals surface area contributed by atoms with E-state index in [0.29, 0.717) is 0 Å². The number of hydrogen-bond acceptors (Lipinski definition) is 5. The highest BCUT2D eigenvalue weighted by atomic mass is 32.1. The van der Waals surface area contributed by atoms with Gasteiger partial charge in [0.25, 0.3) is 0 Å². The maximum atomic E-state index is 13.1. The van der Waals surface area contributed by atoms with Gasteiger partial charge in [-0.1, -0.05) is 12.1 Å². The second kappa shape index (κ2) is 6.49. The van der Waals surface area contributed by atoms with Crippen LogP contribution < -0.4 is 10.1 Å². The quantitative estimate of drug-likeness (QED) is 0.545. The molecular weight excluding hydrogens is 337 g/mol. The van der Waals surface area contributed by atoms with Crippen molar-refractivity contribution in [3.63, 3.8) is 0 Å². The van der Waals surface area contributed by atoms with E-state index in [0.717, 1.165) is 37.9 Å². The van der Waals surface area contributed by atoms with E-state index in [1.807, 2.05) is 30.3 Å². The Morgan fingerprint density at radius 1 is 1.00 bits per heavy atom. The second-order valence-corrected chi connectivity index (χ2v) is 6.46. The van der Waals surface area contributed by atoms with Crippen LogP contribution in [0.3, 0.4) is 0 Å². The van der Waals surface area contributed by atoms with Crippen molar-refractivity contribution in [2.45, 2.75) is 0 Å². The lowest BCUT2D eigenvalue weighted by atomic mass is 10.2. The summed E-state index contributed by atoms with van der Waals surface area (Å²) in [5, 5.41) is 3.32. The van der Waals surface area contributed by atoms with E-state index in [1.165, 1.54) is 18.5 Å². The largest absolute Gasteiger partial charge is 0.497 e. The van der Waals surface area contributed by atoms with Crippen molar-refractivity contribution >= 4 is 33.1 Å². The number of ether oxygens (including phenoxy) is 1. The SMILES string of the molecule is COc1ccc(Nc2ncnc3cc(-c4ccc(F)cc4)sc23)cc1. The molecule has 2 aromatic heterocycles. The highest BCUT2D eigenvalue weighted by molar-refractivity contribution is 7.22. The lowest BCUT2D eigenvalue weighted by Crippen LogP contribution is -1.94. The second-order valence-electron chi connectivity index (χ2n) is 5.41. The Balaban J connectivity index is 1.70. The molecule has 124 valence electrons. The molecule has 0 saturated carbocycles. The number of nitrogens with one attached hydrogen (secondary N) is 1. The first-order valence-corrected chi connectivity index (χ1v) is 8.46. The monoisotopic (exact) mass is 351 g/mol. The smallest absolute Gasteiger partial charge is 0.151 e. The van der Waals surface area contributed by atoms with Gasteiger partial charge in [-0.25, -0.2) is 14.4 Å². The molecule has 1 N–H and O–H groups in total. The van der Waals surface area contributed by atoms with Gasteiger partial charge in [-0.2, -0.15) is 0 Å². The van der Waals surface area contributed by atoms with Gasteiger partial charge in [0.05, 0.1) is 17.3 Å². The average molecular weight is 351 g/mol. The first kappa shape index (κ1) is 15.5. The Bertz CT molecular complexity index is 1010. The highest BCUT2D eigenvalue weighted by Crippen LogP contribution is 2.36. The van der Waals surface area contributed by atoms with Crippen molar-refractivity contribution in [1.82, 2.24) is 9.97 Å². The molecule has 0 aliphatic rings. The molecule has 4 rings (SSSR count). The van der Waals surface area contributed by atoms with Gasteiger partial charge in [0.2, 0.25) is 0 Å². The summed E-state index contributed by atoms with van der Waals surface area (Å²) in [6.45, 7) is 0. The molecule has 0 unspecified atom stereocenters. The normalized spacial score (nSPS) is 10.8. The third kappa shape index (κ3) is 3.16. The Labute approximate surface area is 148 Å². The number of rotatable bonds is 4. The molecular formula is C19H14FN3OS. The van der Waals surface area contributed by atoms with Crippen LogP contribution in [-0.4, -0.2) is 17.1 Å². The molecule has 0 aliphatic carbocycles. The molecule has 0 bridgehead atoms. The zero-order valence-corrected chi connectivity index (χ0v) is 14.2. The summed E-state index contributed by atoms with van der Waals surface area (Å²) < 4.78 is 19.3. The van der Waals surface area contributed by atoms with Gasteiger partial charge in [-0.15, -0.1) is 11.3 Å². The fourth-order valence-corrected chi connectivity index (χ4v) is 3.57. The summed E-state index contributed by atoms with van der Waals surface area (Å²) >= 11 is 1.58. The lowest BCUT2D eigenvalue weighted by molar-refractivity contribution is 0.415. The van der Waals surface area contributed by atoms with E-state index in [1.54, 1.807) is 30.6 Å². The number of thiophene rings is 1. The fraction of sp³-hybridized carbons (Fsp3) is 0.0526. The van der Waals surface area contributed by atoms with Crippen molar-refractivity contribution in [2.24, 2.45) is 0 Å². The molecule has 25 heavy (non-hydrogen) atoms. The van der Waals surface area contributed by atoms with E-state index in [9.17, 15) is 4.39 Å². The minimum Gasteiger partial charge on any atom is -0.497 e. The Hall–Kier alpha value is -2.99. The topological polar surface area (TPSA) is 47.0 Å². The molecule has 0 fully saturated rings. The van der Waals surface area contributed by atoms with Gasteiger partial charge in [-0.05, 0) is 48.0 Å². The molecule has 0 saturated heterocycles. The van der Waals surface area contributed by atoms with Crippen LogP contribution in [0.1, 0.15) is 0 Å². The zero-order chi connectivity index (χ0) is 17.2. The van der Waals surface area contributed by atoms with Crippen LogP contribution in [-0.2, 0) is 0 Å². The average Bonchev–Trinajstić information content (AvgIpc) is 3.08. The lowest BCUT2D eigenvalue weighted by Gasteiger charge is -2.07. The molecule has 0 amide bonds. The molecule has 4 aromatic rings. The molecule has 2 heterocycles. The molecule has 6 heteroatoms. The van der Waals surface area contributed by atoms with E-state index in [4.69, 9.17) is 4.74 Å². The van der Waals surface area contributed by atoms with Crippen molar-refractivity contribution in [2.75, 3.05) is 12.4 Å². The van der Waals surface area contributed by atoms with Crippen LogP contribution in [0.2, 0.25) is 0 Å². The first-order valence-electron chi connectivity index (χ1n) is 7.64. The van der Waals surface area contributed by atoms with Gasteiger partial charge in [0.1, 0.15) is 17.9 Å². The Morgan fingerprint density at radius 2 is 1.76 bits per heavy atom. The standard InChI is InChI=1S/C19H14FN3OS/c1-24-15-8-6-14(7-9-15)23-19-18-16(21-11-22-19)10-17(25-18)12-2-4-13(20)5-3-12/h2-11H,1H3,(H,21,22,23). The minimum absolute atomic E-state index is 0.244. The molecule has 4 nitrogen and oxygen atoms in total. The summed E-state index contributed by atoms with van der Waals surface area (Å²) in [4.78, 5) is 9.72. The van der Waals surface area contributed by atoms with Crippen molar-refractivity contribution < 1.29 is 9.13 Å².